The molecule has 1 aromatic carbocycles. The molecular formula is C16H24N2O. The first kappa shape index (κ1) is 12.9. The average Bonchev–Trinajstić information content (AvgIpc) is 2.47. The predicted octanol–water partition coefficient (Wildman–Crippen LogP) is 2.38. The highest BCUT2D eigenvalue weighted by Crippen LogP contribution is 2.26. The first-order valence-corrected chi connectivity index (χ1v) is 7.41. The van der Waals surface area contributed by atoms with Crippen molar-refractivity contribution in [2.24, 2.45) is 5.92 Å². The second-order valence-corrected chi connectivity index (χ2v) is 5.85. The van der Waals surface area contributed by atoms with Gasteiger partial charge in [0.25, 0.3) is 0 Å². The molecule has 0 spiro atoms. The maximum Gasteiger partial charge on any atom is 0.0502 e. The van der Waals surface area contributed by atoms with E-state index in [1.54, 1.807) is 0 Å². The summed E-state index contributed by atoms with van der Waals surface area (Å²) in [6.07, 6.45) is 3.82. The van der Waals surface area contributed by atoms with Crippen LogP contribution in [0.3, 0.4) is 0 Å². The number of hydrogen-bond acceptors (Lipinski definition) is 3. The van der Waals surface area contributed by atoms with Gasteiger partial charge in [0.05, 0.1) is 6.61 Å². The molecule has 0 aromatic heterocycles. The number of hydrogen-bond donors (Lipinski definition) is 1. The molecule has 19 heavy (non-hydrogen) atoms. The maximum atomic E-state index is 5.33. The molecule has 0 radical (unpaired) electrons. The van der Waals surface area contributed by atoms with Crippen LogP contribution in [0.1, 0.15) is 18.4 Å². The number of para-hydroxylation sites is 1. The first-order chi connectivity index (χ1) is 9.36. The average molecular weight is 260 g/mol. The predicted molar refractivity (Wildman–Crippen MR) is 78.6 cm³/mol. The zero-order valence-electron chi connectivity index (χ0n) is 11.8. The molecule has 3 nitrogen and oxygen atoms in total. The zero-order chi connectivity index (χ0) is 13.1. The van der Waals surface area contributed by atoms with Crippen molar-refractivity contribution in [1.29, 1.82) is 0 Å². The molecule has 104 valence electrons. The van der Waals surface area contributed by atoms with Gasteiger partial charge >= 0.3 is 0 Å². The summed E-state index contributed by atoms with van der Waals surface area (Å²) in [5.41, 5.74) is 2.79. The molecule has 2 unspecified atom stereocenters. The van der Waals surface area contributed by atoms with Crippen LogP contribution in [0.5, 0.6) is 0 Å². The van der Waals surface area contributed by atoms with Crippen LogP contribution in [0.15, 0.2) is 24.3 Å². The van der Waals surface area contributed by atoms with Gasteiger partial charge in [-0.15, -0.1) is 0 Å². The van der Waals surface area contributed by atoms with Crippen molar-refractivity contribution in [3.63, 3.8) is 0 Å². The molecule has 2 aliphatic heterocycles. The molecular weight excluding hydrogens is 236 g/mol. The molecule has 2 atom stereocenters. The van der Waals surface area contributed by atoms with E-state index in [-0.39, 0.29) is 0 Å². The molecule has 0 aliphatic carbocycles. The van der Waals surface area contributed by atoms with Crippen LogP contribution < -0.4 is 5.32 Å². The Balaban J connectivity index is 1.64. The van der Waals surface area contributed by atoms with Gasteiger partial charge in [-0.3, -0.25) is 4.90 Å². The van der Waals surface area contributed by atoms with Gasteiger partial charge < -0.3 is 10.1 Å². The molecule has 0 saturated carbocycles. The standard InChI is InChI=1S/C16H24N2O/c1-19-12-13-5-4-8-18(11-13)15-9-14-6-2-3-7-16(14)17-10-15/h2-3,6-7,13,15,17H,4-5,8-12H2,1H3. The largest absolute Gasteiger partial charge is 0.384 e. The van der Waals surface area contributed by atoms with Gasteiger partial charge in [0.15, 0.2) is 0 Å². The molecule has 0 amide bonds. The molecule has 1 aromatic rings. The minimum atomic E-state index is 0.648. The monoisotopic (exact) mass is 260 g/mol. The lowest BCUT2D eigenvalue weighted by Gasteiger charge is -2.40. The smallest absolute Gasteiger partial charge is 0.0502 e. The van der Waals surface area contributed by atoms with E-state index in [4.69, 9.17) is 4.74 Å². The second kappa shape index (κ2) is 5.93. The minimum Gasteiger partial charge on any atom is -0.384 e. The third-order valence-electron chi connectivity index (χ3n) is 4.47. The fourth-order valence-electron chi connectivity index (χ4n) is 3.48. The summed E-state index contributed by atoms with van der Waals surface area (Å²) >= 11 is 0. The van der Waals surface area contributed by atoms with Crippen molar-refractivity contribution in [2.45, 2.75) is 25.3 Å². The number of piperidine rings is 1. The summed E-state index contributed by atoms with van der Waals surface area (Å²) < 4.78 is 5.33. The molecule has 2 heterocycles. The van der Waals surface area contributed by atoms with Crippen molar-refractivity contribution in [1.82, 2.24) is 4.90 Å². The number of fused-ring (bicyclic) bond motifs is 1. The lowest BCUT2D eigenvalue weighted by Crippen LogP contribution is -2.49. The Bertz CT molecular complexity index is 419. The van der Waals surface area contributed by atoms with E-state index in [9.17, 15) is 0 Å². The van der Waals surface area contributed by atoms with Crippen LogP contribution in [0.25, 0.3) is 0 Å². The number of rotatable bonds is 3. The van der Waals surface area contributed by atoms with Crippen LogP contribution in [0.2, 0.25) is 0 Å². The quantitative estimate of drug-likeness (QED) is 0.903. The summed E-state index contributed by atoms with van der Waals surface area (Å²) in [4.78, 5) is 2.66. The van der Waals surface area contributed by atoms with Crippen LogP contribution >= 0.6 is 0 Å². The van der Waals surface area contributed by atoms with Crippen LogP contribution in [0.4, 0.5) is 5.69 Å². The third kappa shape index (κ3) is 2.93. The Morgan fingerprint density at radius 2 is 2.26 bits per heavy atom. The lowest BCUT2D eigenvalue weighted by atomic mass is 9.93. The van der Waals surface area contributed by atoms with Gasteiger partial charge in [-0.25, -0.2) is 0 Å². The number of likely N-dealkylation sites (tertiary alicyclic amines) is 1. The van der Waals surface area contributed by atoms with Gasteiger partial charge in [0.2, 0.25) is 0 Å². The highest BCUT2D eigenvalue weighted by molar-refractivity contribution is 5.53. The summed E-state index contributed by atoms with van der Waals surface area (Å²) in [6.45, 7) is 4.43. The number of nitrogens with zero attached hydrogens (tertiary/aromatic N) is 1. The van der Waals surface area contributed by atoms with E-state index < -0.39 is 0 Å². The van der Waals surface area contributed by atoms with Crippen LogP contribution in [-0.4, -0.2) is 44.3 Å². The molecule has 3 heteroatoms. The lowest BCUT2D eigenvalue weighted by molar-refractivity contribution is 0.0702. The van der Waals surface area contributed by atoms with E-state index in [1.807, 2.05) is 7.11 Å². The van der Waals surface area contributed by atoms with E-state index in [0.717, 1.165) is 19.1 Å². The topological polar surface area (TPSA) is 24.5 Å². The zero-order valence-corrected chi connectivity index (χ0v) is 11.8. The highest BCUT2D eigenvalue weighted by Gasteiger charge is 2.28. The van der Waals surface area contributed by atoms with Gasteiger partial charge in [-0.05, 0) is 43.4 Å². The third-order valence-corrected chi connectivity index (χ3v) is 4.47. The molecule has 3 rings (SSSR count). The Hall–Kier alpha value is -1.06. The van der Waals surface area contributed by atoms with E-state index in [0.29, 0.717) is 6.04 Å². The number of methoxy groups -OCH3 is 1. The second-order valence-electron chi connectivity index (χ2n) is 5.85. The number of benzene rings is 1. The fourth-order valence-corrected chi connectivity index (χ4v) is 3.48. The van der Waals surface area contributed by atoms with E-state index in [1.165, 1.54) is 43.6 Å². The molecule has 1 N–H and O–H groups in total. The fraction of sp³-hybridized carbons (Fsp3) is 0.625. The number of nitrogens with one attached hydrogen (secondary N) is 1. The highest BCUT2D eigenvalue weighted by atomic mass is 16.5. The summed E-state index contributed by atoms with van der Waals surface area (Å²) in [7, 11) is 1.82. The van der Waals surface area contributed by atoms with Gasteiger partial charge in [0.1, 0.15) is 0 Å². The van der Waals surface area contributed by atoms with Gasteiger partial charge in [-0.2, -0.15) is 0 Å². The number of anilines is 1. The minimum absolute atomic E-state index is 0.648. The summed E-state index contributed by atoms with van der Waals surface area (Å²) in [6, 6.07) is 9.35. The SMILES string of the molecule is COCC1CCCN(C2CNc3ccccc3C2)C1. The van der Waals surface area contributed by atoms with Crippen LogP contribution in [0, 0.1) is 5.92 Å². The summed E-state index contributed by atoms with van der Waals surface area (Å²) in [5.74, 6) is 0.718. The summed E-state index contributed by atoms with van der Waals surface area (Å²) in [5, 5.41) is 3.58. The Morgan fingerprint density at radius 1 is 1.37 bits per heavy atom. The Kier molecular flexibility index (Phi) is 4.04. The van der Waals surface area contributed by atoms with E-state index >= 15 is 0 Å². The van der Waals surface area contributed by atoms with Crippen molar-refractivity contribution < 1.29 is 4.74 Å². The van der Waals surface area contributed by atoms with Gasteiger partial charge in [-0.1, -0.05) is 18.2 Å². The van der Waals surface area contributed by atoms with E-state index in [2.05, 4.69) is 34.5 Å². The molecule has 1 saturated heterocycles. The molecule has 0 bridgehead atoms. The molecule has 2 aliphatic rings. The molecule has 1 fully saturated rings. The first-order valence-electron chi connectivity index (χ1n) is 7.41. The van der Waals surface area contributed by atoms with Crippen molar-refractivity contribution >= 4 is 5.69 Å². The normalized spacial score (nSPS) is 27.6. The maximum absolute atomic E-state index is 5.33. The Morgan fingerprint density at radius 3 is 3.16 bits per heavy atom. The van der Waals surface area contributed by atoms with Gasteiger partial charge in [0, 0.05) is 31.9 Å². The van der Waals surface area contributed by atoms with Crippen molar-refractivity contribution in [2.75, 3.05) is 38.7 Å². The number of ether oxygens (including phenoxy) is 1. The Labute approximate surface area is 115 Å². The van der Waals surface area contributed by atoms with Crippen molar-refractivity contribution in [3.05, 3.63) is 29.8 Å². The van der Waals surface area contributed by atoms with Crippen molar-refractivity contribution in [3.8, 4) is 0 Å². The van der Waals surface area contributed by atoms with Crippen LogP contribution in [-0.2, 0) is 11.2 Å².